The van der Waals surface area contributed by atoms with Gasteiger partial charge in [-0.2, -0.15) is 0 Å². The van der Waals surface area contributed by atoms with Gasteiger partial charge in [-0.25, -0.2) is 9.59 Å². The molecule has 2 rings (SSSR count). The maximum atomic E-state index is 12.6. The first-order valence-electron chi connectivity index (χ1n) is 10.2. The van der Waals surface area contributed by atoms with E-state index in [9.17, 15) is 19.8 Å². The summed E-state index contributed by atoms with van der Waals surface area (Å²) >= 11 is 0. The molecule has 1 aromatic carbocycles. The van der Waals surface area contributed by atoms with Crippen molar-refractivity contribution < 1.29 is 29.0 Å². The molecule has 8 heteroatoms. The molecule has 0 saturated carbocycles. The van der Waals surface area contributed by atoms with Crippen LogP contribution in [-0.2, 0) is 14.0 Å². The van der Waals surface area contributed by atoms with Gasteiger partial charge in [-0.3, -0.25) is 4.90 Å². The molecule has 30 heavy (non-hydrogen) atoms. The van der Waals surface area contributed by atoms with E-state index in [4.69, 9.17) is 9.16 Å². The number of aromatic hydroxyl groups is 1. The number of nitrogens with zero attached hydrogens (tertiary/aromatic N) is 1. The van der Waals surface area contributed by atoms with Crippen LogP contribution < -0.4 is 0 Å². The molecular weight excluding hydrogens is 402 g/mol. The van der Waals surface area contributed by atoms with Crippen molar-refractivity contribution in [3.63, 3.8) is 0 Å². The summed E-state index contributed by atoms with van der Waals surface area (Å²) in [6, 6.07) is 6.14. The van der Waals surface area contributed by atoms with Gasteiger partial charge in [0.1, 0.15) is 5.75 Å². The number of rotatable bonds is 6. The van der Waals surface area contributed by atoms with Gasteiger partial charge in [0.2, 0.25) is 0 Å². The summed E-state index contributed by atoms with van der Waals surface area (Å²) in [7, 11) is -2.07. The molecule has 0 aromatic heterocycles. The van der Waals surface area contributed by atoms with Crippen molar-refractivity contribution in [2.45, 2.75) is 58.3 Å². The lowest BCUT2D eigenvalue weighted by Crippen LogP contribution is -2.50. The number of benzene rings is 1. The summed E-state index contributed by atoms with van der Waals surface area (Å²) < 4.78 is 11.5. The molecule has 1 unspecified atom stereocenters. The Bertz CT molecular complexity index is 810. The highest BCUT2D eigenvalue weighted by Crippen LogP contribution is 2.38. The molecule has 0 fully saturated rings. The number of ether oxygens (including phenoxy) is 1. The average Bonchev–Trinajstić information content (AvgIpc) is 2.65. The lowest BCUT2D eigenvalue weighted by molar-refractivity contribution is -0.138. The van der Waals surface area contributed by atoms with Crippen molar-refractivity contribution in [3.8, 4) is 5.75 Å². The van der Waals surface area contributed by atoms with Gasteiger partial charge < -0.3 is 19.4 Å². The van der Waals surface area contributed by atoms with Crippen LogP contribution in [0.2, 0.25) is 18.1 Å². The van der Waals surface area contributed by atoms with Crippen molar-refractivity contribution in [1.82, 2.24) is 4.90 Å². The van der Waals surface area contributed by atoms with E-state index in [2.05, 4.69) is 33.9 Å². The Kier molecular flexibility index (Phi) is 7.36. The zero-order chi connectivity index (χ0) is 22.7. The van der Waals surface area contributed by atoms with E-state index in [0.29, 0.717) is 12.0 Å². The number of carbonyl (C=O) groups excluding carboxylic acids is 1. The van der Waals surface area contributed by atoms with Crippen molar-refractivity contribution in [3.05, 3.63) is 35.4 Å². The van der Waals surface area contributed by atoms with Gasteiger partial charge in [0.05, 0.1) is 31.4 Å². The number of phenols is 1. The zero-order valence-corrected chi connectivity index (χ0v) is 19.7. The van der Waals surface area contributed by atoms with Gasteiger partial charge >= 0.3 is 12.1 Å². The van der Waals surface area contributed by atoms with Gasteiger partial charge in [-0.15, -0.1) is 0 Å². The molecule has 1 amide bonds. The topological polar surface area (TPSA) is 96.3 Å². The number of hydrogen-bond donors (Lipinski definition) is 2. The summed E-state index contributed by atoms with van der Waals surface area (Å²) in [5.74, 6) is -0.395. The highest BCUT2D eigenvalue weighted by Gasteiger charge is 2.40. The van der Waals surface area contributed by atoms with Crippen LogP contribution in [0.5, 0.6) is 5.75 Å². The Balaban J connectivity index is 2.41. The SMILES string of the molecule is CCOC(=O)C1=C(c2ccc(O)cc2)CC(CO[Si](C)(C)C(C)(C)C)N(C(=O)O)C1. The van der Waals surface area contributed by atoms with Crippen LogP contribution in [0.3, 0.4) is 0 Å². The van der Waals surface area contributed by atoms with Crippen LogP contribution >= 0.6 is 0 Å². The van der Waals surface area contributed by atoms with Crippen LogP contribution in [0.1, 0.15) is 39.7 Å². The average molecular weight is 436 g/mol. The predicted molar refractivity (Wildman–Crippen MR) is 118 cm³/mol. The molecule has 1 atom stereocenters. The van der Waals surface area contributed by atoms with E-state index < -0.39 is 26.4 Å². The highest BCUT2D eigenvalue weighted by molar-refractivity contribution is 6.74. The molecule has 1 heterocycles. The molecule has 0 saturated heterocycles. The monoisotopic (exact) mass is 435 g/mol. The minimum absolute atomic E-state index is 0.00143. The Morgan fingerprint density at radius 2 is 1.80 bits per heavy atom. The first-order chi connectivity index (χ1) is 13.9. The molecule has 0 radical (unpaired) electrons. The second kappa shape index (κ2) is 9.22. The second-order valence-electron chi connectivity index (χ2n) is 9.06. The lowest BCUT2D eigenvalue weighted by Gasteiger charge is -2.41. The van der Waals surface area contributed by atoms with E-state index in [1.165, 1.54) is 4.90 Å². The fraction of sp³-hybridized carbons (Fsp3) is 0.545. The van der Waals surface area contributed by atoms with Gasteiger partial charge in [0.25, 0.3) is 0 Å². The lowest BCUT2D eigenvalue weighted by atomic mass is 9.89. The van der Waals surface area contributed by atoms with Crippen molar-refractivity contribution in [2.24, 2.45) is 0 Å². The quantitative estimate of drug-likeness (QED) is 0.505. The van der Waals surface area contributed by atoms with Crippen LogP contribution in [0.25, 0.3) is 5.57 Å². The van der Waals surface area contributed by atoms with Crippen LogP contribution in [0.4, 0.5) is 4.79 Å². The predicted octanol–water partition coefficient (Wildman–Crippen LogP) is 4.48. The summed E-state index contributed by atoms with van der Waals surface area (Å²) in [5, 5.41) is 19.4. The molecule has 7 nitrogen and oxygen atoms in total. The molecule has 1 aromatic rings. The summed E-state index contributed by atoms with van der Waals surface area (Å²) in [6.07, 6.45) is -0.759. The van der Waals surface area contributed by atoms with Gasteiger partial charge in [0.15, 0.2) is 8.32 Å². The number of hydrogen-bond acceptors (Lipinski definition) is 5. The maximum Gasteiger partial charge on any atom is 0.407 e. The number of amides is 1. The highest BCUT2D eigenvalue weighted by atomic mass is 28.4. The molecular formula is C22H33NO6Si. The molecule has 0 bridgehead atoms. The third-order valence-corrected chi connectivity index (χ3v) is 10.5. The summed E-state index contributed by atoms with van der Waals surface area (Å²) in [6.45, 7) is 12.8. The van der Waals surface area contributed by atoms with Crippen molar-refractivity contribution in [2.75, 3.05) is 19.8 Å². The molecule has 166 valence electrons. The van der Waals surface area contributed by atoms with Crippen LogP contribution in [0.15, 0.2) is 29.8 Å². The first kappa shape index (κ1) is 24.0. The number of phenolic OH excluding ortho intramolecular Hbond substituents is 1. The Labute approximate surface area is 179 Å². The number of carbonyl (C=O) groups is 2. The standard InChI is InChI=1S/C22H33NO6Si/c1-7-28-20(25)19-13-23(21(26)27)16(14-29-30(5,6)22(2,3)4)12-18(19)15-8-10-17(24)11-9-15/h8-11,16,24H,7,12-14H2,1-6H3,(H,26,27). The van der Waals surface area contributed by atoms with E-state index in [0.717, 1.165) is 11.1 Å². The maximum absolute atomic E-state index is 12.6. The molecule has 1 aliphatic rings. The van der Waals surface area contributed by atoms with E-state index in [-0.39, 0.29) is 30.5 Å². The van der Waals surface area contributed by atoms with Gasteiger partial charge in [-0.1, -0.05) is 32.9 Å². The zero-order valence-electron chi connectivity index (χ0n) is 18.7. The second-order valence-corrected chi connectivity index (χ2v) is 13.9. The fourth-order valence-electron chi connectivity index (χ4n) is 3.12. The third-order valence-electron chi connectivity index (χ3n) is 6.00. The normalized spacial score (nSPS) is 17.8. The van der Waals surface area contributed by atoms with Gasteiger partial charge in [-0.05, 0) is 54.7 Å². The smallest absolute Gasteiger partial charge is 0.407 e. The van der Waals surface area contributed by atoms with E-state index in [1.807, 2.05) is 0 Å². The molecule has 2 N–H and O–H groups in total. The Morgan fingerprint density at radius 1 is 1.20 bits per heavy atom. The largest absolute Gasteiger partial charge is 0.508 e. The van der Waals surface area contributed by atoms with Crippen molar-refractivity contribution >= 4 is 26.0 Å². The summed E-state index contributed by atoms with van der Waals surface area (Å²) in [4.78, 5) is 25.8. The molecule has 0 spiro atoms. The van der Waals surface area contributed by atoms with Gasteiger partial charge in [0, 0.05) is 0 Å². The minimum Gasteiger partial charge on any atom is -0.508 e. The fourth-order valence-corrected chi connectivity index (χ4v) is 4.16. The van der Waals surface area contributed by atoms with E-state index in [1.54, 1.807) is 31.2 Å². The summed E-state index contributed by atoms with van der Waals surface area (Å²) in [5.41, 5.74) is 1.82. The number of carboxylic acid groups (broad SMARTS) is 1. The van der Waals surface area contributed by atoms with Crippen molar-refractivity contribution in [1.29, 1.82) is 0 Å². The Hall–Kier alpha value is -2.32. The van der Waals surface area contributed by atoms with Crippen LogP contribution in [-0.4, -0.2) is 61.3 Å². The third kappa shape index (κ3) is 5.43. The Morgan fingerprint density at radius 3 is 2.30 bits per heavy atom. The molecule has 0 aliphatic carbocycles. The van der Waals surface area contributed by atoms with Crippen LogP contribution in [0, 0.1) is 0 Å². The minimum atomic E-state index is -2.07. The molecule has 1 aliphatic heterocycles. The number of esters is 1. The van der Waals surface area contributed by atoms with E-state index >= 15 is 0 Å². The first-order valence-corrected chi connectivity index (χ1v) is 13.1.